The molecule has 0 aromatic carbocycles. The van der Waals surface area contributed by atoms with Crippen molar-refractivity contribution in [2.24, 2.45) is 0 Å². The van der Waals surface area contributed by atoms with E-state index in [-0.39, 0.29) is 18.1 Å². The van der Waals surface area contributed by atoms with E-state index in [0.29, 0.717) is 13.1 Å². The van der Waals surface area contributed by atoms with Crippen molar-refractivity contribution in [1.82, 2.24) is 29.4 Å². The Hall–Kier alpha value is -2.75. The van der Waals surface area contributed by atoms with Crippen LogP contribution in [0.5, 0.6) is 0 Å². The molecule has 1 saturated heterocycles. The molecule has 0 bridgehead atoms. The number of nitro groups is 1. The van der Waals surface area contributed by atoms with Crippen molar-refractivity contribution in [3.05, 3.63) is 40.0 Å². The minimum absolute atomic E-state index is 0.0240. The molecule has 0 unspecified atom stereocenters. The molecule has 0 atom stereocenters. The van der Waals surface area contributed by atoms with Gasteiger partial charge in [-0.05, 0) is 13.8 Å². The number of aryl methyl sites for hydroxylation is 2. The Kier molecular flexibility index (Phi) is 5.31. The molecule has 1 amide bonds. The third kappa shape index (κ3) is 4.07. The lowest BCUT2D eigenvalue weighted by Crippen LogP contribution is -2.49. The third-order valence-electron chi connectivity index (χ3n) is 4.62. The van der Waals surface area contributed by atoms with Crippen molar-refractivity contribution >= 4 is 11.6 Å². The summed E-state index contributed by atoms with van der Waals surface area (Å²) in [6, 6.07) is 0. The van der Waals surface area contributed by atoms with E-state index in [9.17, 15) is 14.9 Å². The molecule has 1 aliphatic heterocycles. The van der Waals surface area contributed by atoms with E-state index in [4.69, 9.17) is 0 Å². The zero-order valence-electron chi connectivity index (χ0n) is 15.0. The van der Waals surface area contributed by atoms with Gasteiger partial charge >= 0.3 is 5.69 Å². The first kappa shape index (κ1) is 18.1. The van der Waals surface area contributed by atoms with Crippen LogP contribution in [-0.4, -0.2) is 66.4 Å². The van der Waals surface area contributed by atoms with Gasteiger partial charge in [-0.3, -0.25) is 29.2 Å². The molecule has 10 heteroatoms. The maximum Gasteiger partial charge on any atom is 0.307 e. The number of aromatic nitrogens is 4. The fourth-order valence-electron chi connectivity index (χ4n) is 3.04. The molecule has 1 aliphatic rings. The molecule has 3 heterocycles. The van der Waals surface area contributed by atoms with Crippen LogP contribution in [0.1, 0.15) is 18.2 Å². The normalized spacial score (nSPS) is 15.4. The molecule has 0 saturated carbocycles. The highest BCUT2D eigenvalue weighted by molar-refractivity contribution is 5.76. The molecule has 10 nitrogen and oxygen atoms in total. The first-order valence-corrected chi connectivity index (χ1v) is 8.66. The Morgan fingerprint density at radius 2 is 1.96 bits per heavy atom. The van der Waals surface area contributed by atoms with Crippen LogP contribution in [0.3, 0.4) is 0 Å². The van der Waals surface area contributed by atoms with Gasteiger partial charge in [0.25, 0.3) is 0 Å². The van der Waals surface area contributed by atoms with Gasteiger partial charge in [-0.15, -0.1) is 0 Å². The molecule has 2 aromatic heterocycles. The highest BCUT2D eigenvalue weighted by atomic mass is 16.6. The summed E-state index contributed by atoms with van der Waals surface area (Å²) in [6.45, 7) is 8.67. The van der Waals surface area contributed by atoms with Crippen molar-refractivity contribution in [3.8, 4) is 0 Å². The Bertz CT molecular complexity index is 790. The molecule has 0 spiro atoms. The minimum Gasteiger partial charge on any atom is -0.339 e. The summed E-state index contributed by atoms with van der Waals surface area (Å²) < 4.78 is 3.25. The van der Waals surface area contributed by atoms with Gasteiger partial charge in [0.15, 0.2) is 0 Å². The molecule has 1 fully saturated rings. The first-order chi connectivity index (χ1) is 12.5. The van der Waals surface area contributed by atoms with Crippen molar-refractivity contribution in [1.29, 1.82) is 0 Å². The predicted molar refractivity (Wildman–Crippen MR) is 93.4 cm³/mol. The summed E-state index contributed by atoms with van der Waals surface area (Å²) in [5, 5.41) is 19.0. The Morgan fingerprint density at radius 3 is 2.54 bits per heavy atom. The number of carbonyl (C=O) groups is 1. The lowest BCUT2D eigenvalue weighted by Gasteiger charge is -2.34. The molecule has 26 heavy (non-hydrogen) atoms. The maximum absolute atomic E-state index is 12.4. The van der Waals surface area contributed by atoms with Gasteiger partial charge in [-0.1, -0.05) is 0 Å². The molecule has 3 rings (SSSR count). The van der Waals surface area contributed by atoms with E-state index in [1.165, 1.54) is 16.4 Å². The molecule has 0 N–H and O–H groups in total. The Morgan fingerprint density at radius 1 is 1.23 bits per heavy atom. The monoisotopic (exact) mass is 361 g/mol. The van der Waals surface area contributed by atoms with Crippen LogP contribution in [0.2, 0.25) is 0 Å². The standard InChI is InChI=1S/C16H23N7O3/c1-3-21-10-14(13(2)18-21)9-19-4-6-20(7-5-19)16(24)12-22-11-15(8-17-22)23(25)26/h8,10-11H,3-7,9,12H2,1-2H3. The highest BCUT2D eigenvalue weighted by Gasteiger charge is 2.23. The molecular formula is C16H23N7O3. The van der Waals surface area contributed by atoms with Crippen molar-refractivity contribution in [3.63, 3.8) is 0 Å². The SMILES string of the molecule is CCn1cc(CN2CCN(C(=O)Cn3cc([N+](=O)[O-])cn3)CC2)c(C)n1. The smallest absolute Gasteiger partial charge is 0.307 e. The predicted octanol–water partition coefficient (Wildman–Crippen LogP) is 0.661. The van der Waals surface area contributed by atoms with Gasteiger partial charge in [-0.2, -0.15) is 10.2 Å². The zero-order chi connectivity index (χ0) is 18.7. The van der Waals surface area contributed by atoms with Crippen LogP contribution in [0.25, 0.3) is 0 Å². The van der Waals surface area contributed by atoms with Gasteiger partial charge in [0, 0.05) is 51.0 Å². The minimum atomic E-state index is -0.518. The van der Waals surface area contributed by atoms with E-state index >= 15 is 0 Å². The largest absolute Gasteiger partial charge is 0.339 e. The van der Waals surface area contributed by atoms with Crippen LogP contribution in [0.4, 0.5) is 5.69 Å². The van der Waals surface area contributed by atoms with Gasteiger partial charge < -0.3 is 4.90 Å². The number of carbonyl (C=O) groups excluding carboxylic acids is 1. The number of nitrogens with zero attached hydrogens (tertiary/aromatic N) is 7. The average Bonchev–Trinajstić information content (AvgIpc) is 3.22. The number of piperazine rings is 1. The topological polar surface area (TPSA) is 102 Å². The van der Waals surface area contributed by atoms with E-state index < -0.39 is 4.92 Å². The van der Waals surface area contributed by atoms with Crippen molar-refractivity contribution in [2.45, 2.75) is 33.5 Å². The van der Waals surface area contributed by atoms with Gasteiger partial charge in [0.05, 0.1) is 10.6 Å². The maximum atomic E-state index is 12.4. The number of hydrogen-bond donors (Lipinski definition) is 0. The number of amides is 1. The summed E-state index contributed by atoms with van der Waals surface area (Å²) in [6.07, 6.45) is 4.52. The van der Waals surface area contributed by atoms with E-state index in [0.717, 1.165) is 38.1 Å². The fraction of sp³-hybridized carbons (Fsp3) is 0.562. The second-order valence-electron chi connectivity index (χ2n) is 6.41. The van der Waals surface area contributed by atoms with Crippen LogP contribution in [0, 0.1) is 17.0 Å². The summed E-state index contributed by atoms with van der Waals surface area (Å²) in [4.78, 5) is 26.6. The number of rotatable bonds is 6. The average molecular weight is 361 g/mol. The van der Waals surface area contributed by atoms with Crippen LogP contribution >= 0.6 is 0 Å². The first-order valence-electron chi connectivity index (χ1n) is 8.66. The Labute approximate surface area is 151 Å². The van der Waals surface area contributed by atoms with Crippen LogP contribution in [0.15, 0.2) is 18.6 Å². The van der Waals surface area contributed by atoms with Gasteiger partial charge in [0.1, 0.15) is 18.9 Å². The highest BCUT2D eigenvalue weighted by Crippen LogP contribution is 2.13. The van der Waals surface area contributed by atoms with Gasteiger partial charge in [0.2, 0.25) is 5.91 Å². The number of hydrogen-bond acceptors (Lipinski definition) is 6. The lowest BCUT2D eigenvalue weighted by molar-refractivity contribution is -0.385. The van der Waals surface area contributed by atoms with E-state index in [2.05, 4.69) is 28.2 Å². The van der Waals surface area contributed by atoms with Crippen LogP contribution in [-0.2, 0) is 24.4 Å². The van der Waals surface area contributed by atoms with Crippen LogP contribution < -0.4 is 0 Å². The summed E-state index contributed by atoms with van der Waals surface area (Å²) >= 11 is 0. The second kappa shape index (κ2) is 7.65. The third-order valence-corrected chi connectivity index (χ3v) is 4.62. The molecule has 0 radical (unpaired) electrons. The summed E-state index contributed by atoms with van der Waals surface area (Å²) in [7, 11) is 0. The Balaban J connectivity index is 1.50. The summed E-state index contributed by atoms with van der Waals surface area (Å²) in [5.74, 6) is -0.0716. The molecular weight excluding hydrogens is 338 g/mol. The molecule has 140 valence electrons. The van der Waals surface area contributed by atoms with E-state index in [1.807, 2.05) is 11.6 Å². The fourth-order valence-corrected chi connectivity index (χ4v) is 3.04. The van der Waals surface area contributed by atoms with Crippen molar-refractivity contribution < 1.29 is 9.72 Å². The lowest BCUT2D eigenvalue weighted by atomic mass is 10.2. The molecule has 0 aliphatic carbocycles. The van der Waals surface area contributed by atoms with Crippen molar-refractivity contribution in [2.75, 3.05) is 26.2 Å². The quantitative estimate of drug-likeness (QED) is 0.553. The summed E-state index contributed by atoms with van der Waals surface area (Å²) in [5.41, 5.74) is 2.16. The second-order valence-corrected chi connectivity index (χ2v) is 6.41. The van der Waals surface area contributed by atoms with Gasteiger partial charge in [-0.25, -0.2) is 0 Å². The van der Waals surface area contributed by atoms with E-state index in [1.54, 1.807) is 4.90 Å². The zero-order valence-corrected chi connectivity index (χ0v) is 15.0. The molecule has 2 aromatic rings.